The summed E-state index contributed by atoms with van der Waals surface area (Å²) in [4.78, 5) is 4.09. The summed E-state index contributed by atoms with van der Waals surface area (Å²) in [7, 11) is 0. The first kappa shape index (κ1) is 17.1. The Morgan fingerprint density at radius 3 is 3.00 bits per heavy atom. The van der Waals surface area contributed by atoms with Gasteiger partial charge in [-0.3, -0.25) is 0 Å². The molecule has 5 rings (SSSR count). The second-order valence-electron chi connectivity index (χ2n) is 7.22. The molecule has 136 valence electrons. The molecule has 2 atom stereocenters. The molecule has 2 N–H and O–H groups in total. The minimum absolute atomic E-state index is 0.582. The van der Waals surface area contributed by atoms with Crippen molar-refractivity contribution in [1.29, 1.82) is 0 Å². The Labute approximate surface area is 168 Å². The van der Waals surface area contributed by atoms with Crippen molar-refractivity contribution in [3.8, 4) is 0 Å². The lowest BCUT2D eigenvalue weighted by molar-refractivity contribution is 0.403. The molecule has 2 aromatic carbocycles. The van der Waals surface area contributed by atoms with E-state index in [-0.39, 0.29) is 0 Å². The molecule has 3 nitrogen and oxygen atoms in total. The van der Waals surface area contributed by atoms with Crippen molar-refractivity contribution in [2.24, 2.45) is 0 Å². The Balaban J connectivity index is 1.57. The topological polar surface area (TPSA) is 27.3 Å². The van der Waals surface area contributed by atoms with Gasteiger partial charge in [0.2, 0.25) is 0 Å². The molecule has 0 aromatic heterocycles. The van der Waals surface area contributed by atoms with E-state index >= 15 is 0 Å². The van der Waals surface area contributed by atoms with Gasteiger partial charge in [0.1, 0.15) is 0 Å². The van der Waals surface area contributed by atoms with Crippen LogP contribution in [-0.4, -0.2) is 31.4 Å². The van der Waals surface area contributed by atoms with Gasteiger partial charge in [-0.2, -0.15) is 0 Å². The third-order valence-electron chi connectivity index (χ3n) is 5.65. The zero-order valence-electron chi connectivity index (χ0n) is 14.4. The van der Waals surface area contributed by atoms with E-state index in [2.05, 4.69) is 27.7 Å². The molecule has 3 aliphatic rings. The number of anilines is 3. The van der Waals surface area contributed by atoms with Gasteiger partial charge in [-0.25, -0.2) is 0 Å². The average molecular weight is 406 g/mol. The smallest absolute Gasteiger partial charge is 0.0655 e. The fourth-order valence-corrected chi connectivity index (χ4v) is 6.07. The quantitative estimate of drug-likeness (QED) is 0.689. The molecule has 1 fully saturated rings. The summed E-state index contributed by atoms with van der Waals surface area (Å²) in [6, 6.07) is 10.9. The van der Waals surface area contributed by atoms with Gasteiger partial charge in [0.05, 0.1) is 16.4 Å². The number of hydrogen-bond donors (Lipinski definition) is 2. The molecule has 26 heavy (non-hydrogen) atoms. The lowest BCUT2D eigenvalue weighted by atomic mass is 9.90. The van der Waals surface area contributed by atoms with Gasteiger partial charge in [-0.15, -0.1) is 11.8 Å². The first-order valence-corrected chi connectivity index (χ1v) is 10.9. The maximum Gasteiger partial charge on any atom is 0.0655 e. The number of nitrogens with zero attached hydrogens (tertiary/aromatic N) is 1. The molecule has 3 heterocycles. The van der Waals surface area contributed by atoms with E-state index in [1.54, 1.807) is 6.07 Å². The maximum atomic E-state index is 6.37. The van der Waals surface area contributed by atoms with E-state index in [9.17, 15) is 0 Å². The van der Waals surface area contributed by atoms with Crippen LogP contribution in [0.5, 0.6) is 0 Å². The van der Waals surface area contributed by atoms with Crippen molar-refractivity contribution in [2.75, 3.05) is 35.6 Å². The minimum atomic E-state index is 0.582. The van der Waals surface area contributed by atoms with Crippen LogP contribution in [0.25, 0.3) is 0 Å². The largest absolute Gasteiger partial charge is 0.367 e. The summed E-state index contributed by atoms with van der Waals surface area (Å²) in [6.07, 6.45) is 2.48. The highest BCUT2D eigenvalue weighted by molar-refractivity contribution is 7.99. The fourth-order valence-electron chi connectivity index (χ4n) is 4.54. The van der Waals surface area contributed by atoms with Gasteiger partial charge in [0.25, 0.3) is 0 Å². The summed E-state index contributed by atoms with van der Waals surface area (Å²) in [5.41, 5.74) is 4.99. The molecule has 6 heteroatoms. The van der Waals surface area contributed by atoms with Crippen molar-refractivity contribution in [3.05, 3.63) is 45.9 Å². The summed E-state index contributed by atoms with van der Waals surface area (Å²) >= 11 is 14.4. The second kappa shape index (κ2) is 6.83. The van der Waals surface area contributed by atoms with E-state index in [0.29, 0.717) is 22.0 Å². The first-order valence-electron chi connectivity index (χ1n) is 9.21. The van der Waals surface area contributed by atoms with Gasteiger partial charge in [-0.1, -0.05) is 23.2 Å². The first-order chi connectivity index (χ1) is 12.7. The zero-order valence-corrected chi connectivity index (χ0v) is 16.7. The van der Waals surface area contributed by atoms with Crippen LogP contribution in [0.3, 0.4) is 0 Å². The highest BCUT2D eigenvalue weighted by Gasteiger charge is 2.41. The molecular formula is C20H21Cl2N3S. The van der Waals surface area contributed by atoms with Crippen molar-refractivity contribution in [1.82, 2.24) is 5.32 Å². The van der Waals surface area contributed by atoms with Crippen LogP contribution < -0.4 is 15.5 Å². The lowest BCUT2D eigenvalue weighted by Crippen LogP contribution is -2.44. The molecule has 0 bridgehead atoms. The van der Waals surface area contributed by atoms with Gasteiger partial charge in [-0.05, 0) is 61.0 Å². The Morgan fingerprint density at radius 2 is 2.12 bits per heavy atom. The number of thioether (sulfide) groups is 1. The third kappa shape index (κ3) is 2.88. The number of hydrogen-bond acceptors (Lipinski definition) is 4. The predicted molar refractivity (Wildman–Crippen MR) is 113 cm³/mol. The second-order valence-corrected chi connectivity index (χ2v) is 9.20. The van der Waals surface area contributed by atoms with Crippen LogP contribution in [0.4, 0.5) is 17.1 Å². The van der Waals surface area contributed by atoms with E-state index in [4.69, 9.17) is 23.2 Å². The molecule has 2 aromatic rings. The van der Waals surface area contributed by atoms with E-state index in [0.717, 1.165) is 24.5 Å². The summed E-state index contributed by atoms with van der Waals surface area (Å²) in [5, 5.41) is 8.41. The Bertz CT molecular complexity index is 857. The number of fused-ring (bicyclic) bond motifs is 3. The molecule has 0 radical (unpaired) electrons. The third-order valence-corrected chi connectivity index (χ3v) is 7.31. The SMILES string of the molecule is Clc1ccc(Nc2cc3c4c(c2)[C@@H]2CNCC[C@@H]2N4CCCS3)c(Cl)c1. The van der Waals surface area contributed by atoms with Crippen LogP contribution >= 0.6 is 35.0 Å². The van der Waals surface area contributed by atoms with Crippen molar-refractivity contribution < 1.29 is 0 Å². The van der Waals surface area contributed by atoms with Crippen molar-refractivity contribution in [2.45, 2.75) is 29.7 Å². The van der Waals surface area contributed by atoms with Gasteiger partial charge >= 0.3 is 0 Å². The normalized spacial score (nSPS) is 24.0. The average Bonchev–Trinajstić information content (AvgIpc) is 2.80. The number of benzene rings is 2. The number of rotatable bonds is 2. The van der Waals surface area contributed by atoms with Gasteiger partial charge < -0.3 is 15.5 Å². The van der Waals surface area contributed by atoms with Crippen molar-refractivity contribution >= 4 is 52.0 Å². The van der Waals surface area contributed by atoms with E-state index in [1.807, 2.05) is 23.9 Å². The van der Waals surface area contributed by atoms with Crippen LogP contribution in [0.2, 0.25) is 10.0 Å². The Morgan fingerprint density at radius 1 is 1.19 bits per heavy atom. The van der Waals surface area contributed by atoms with Crippen LogP contribution in [0.1, 0.15) is 24.3 Å². The molecule has 0 unspecified atom stereocenters. The van der Waals surface area contributed by atoms with E-state index < -0.39 is 0 Å². The Hall–Kier alpha value is -1.07. The number of nitrogens with one attached hydrogen (secondary N) is 2. The molecule has 0 aliphatic carbocycles. The molecule has 1 saturated heterocycles. The summed E-state index contributed by atoms with van der Waals surface area (Å²) in [6.45, 7) is 3.38. The fraction of sp³-hybridized carbons (Fsp3) is 0.400. The number of halogens is 2. The predicted octanol–water partition coefficient (Wildman–Crippen LogP) is 5.50. The van der Waals surface area contributed by atoms with Crippen LogP contribution in [0, 0.1) is 0 Å². The van der Waals surface area contributed by atoms with Gasteiger partial charge in [0, 0.05) is 40.7 Å². The molecule has 0 saturated carbocycles. The van der Waals surface area contributed by atoms with Gasteiger partial charge in [0.15, 0.2) is 0 Å². The Kier molecular flexibility index (Phi) is 4.48. The molecule has 0 amide bonds. The highest BCUT2D eigenvalue weighted by Crippen LogP contribution is 2.51. The van der Waals surface area contributed by atoms with Crippen molar-refractivity contribution in [3.63, 3.8) is 0 Å². The lowest BCUT2D eigenvalue weighted by Gasteiger charge is -2.33. The standard InChI is InChI=1S/C20H21Cl2N3S/c21-12-2-3-17(16(22)8-12)24-13-9-14-15-11-23-5-4-18(15)25-6-1-7-26-19(10-13)20(14)25/h2-3,8-10,15,18,23-24H,1,4-7,11H2/t15-,18-/m0/s1. The van der Waals surface area contributed by atoms with Crippen LogP contribution in [0.15, 0.2) is 35.2 Å². The molecule has 3 aliphatic heterocycles. The summed E-state index contributed by atoms with van der Waals surface area (Å²) in [5.74, 6) is 1.77. The maximum absolute atomic E-state index is 6.37. The zero-order chi connectivity index (χ0) is 17.7. The molecular weight excluding hydrogens is 385 g/mol. The van der Waals surface area contributed by atoms with E-state index in [1.165, 1.54) is 41.3 Å². The minimum Gasteiger partial charge on any atom is -0.367 e. The van der Waals surface area contributed by atoms with Crippen LogP contribution in [-0.2, 0) is 0 Å². The monoisotopic (exact) mass is 405 g/mol. The number of piperidine rings is 1. The summed E-state index contributed by atoms with van der Waals surface area (Å²) < 4.78 is 0. The molecule has 0 spiro atoms. The highest BCUT2D eigenvalue weighted by atomic mass is 35.5.